The SMILES string of the molecule is CO/C(O[Si](C)(C)C)=C(\C)C[Si](C)(C)C. The zero-order chi connectivity index (χ0) is 12.3. The standard InChI is InChI=1S/C11H26O2Si2/c1-10(9-14(3,4)5)11(12-2)13-15(6,7)8/h9H2,1-8H3/b11-10-. The van der Waals surface area contributed by atoms with Gasteiger partial charge < -0.3 is 9.16 Å². The summed E-state index contributed by atoms with van der Waals surface area (Å²) >= 11 is 0. The molecule has 0 heterocycles. The van der Waals surface area contributed by atoms with E-state index in [1.165, 1.54) is 5.57 Å². The first kappa shape index (κ1) is 14.8. The molecule has 0 saturated carbocycles. The third kappa shape index (κ3) is 7.67. The summed E-state index contributed by atoms with van der Waals surface area (Å²) in [5.74, 6) is 0.761. The number of ether oxygens (including phenoxy) is 1. The molecule has 0 N–H and O–H groups in total. The van der Waals surface area contributed by atoms with Gasteiger partial charge in [-0.05, 0) is 32.6 Å². The fraction of sp³-hybridized carbons (Fsp3) is 0.818. The molecule has 0 atom stereocenters. The van der Waals surface area contributed by atoms with Crippen molar-refractivity contribution in [1.82, 2.24) is 0 Å². The van der Waals surface area contributed by atoms with Crippen molar-refractivity contribution < 1.29 is 9.16 Å². The molecule has 0 radical (unpaired) electrons. The number of hydrogen-bond acceptors (Lipinski definition) is 2. The molecule has 0 aliphatic carbocycles. The van der Waals surface area contributed by atoms with E-state index >= 15 is 0 Å². The maximum absolute atomic E-state index is 5.91. The van der Waals surface area contributed by atoms with E-state index in [4.69, 9.17) is 9.16 Å². The molecule has 0 aliphatic rings. The second kappa shape index (κ2) is 5.21. The Morgan fingerprint density at radius 2 is 1.47 bits per heavy atom. The second-order valence-corrected chi connectivity index (χ2v) is 16.1. The maximum Gasteiger partial charge on any atom is 0.263 e. The molecule has 0 saturated heterocycles. The van der Waals surface area contributed by atoms with Crippen LogP contribution in [0.2, 0.25) is 45.3 Å². The van der Waals surface area contributed by atoms with Gasteiger partial charge in [0.2, 0.25) is 8.32 Å². The Morgan fingerprint density at radius 3 is 1.73 bits per heavy atom. The van der Waals surface area contributed by atoms with Crippen LogP contribution in [-0.4, -0.2) is 23.5 Å². The lowest BCUT2D eigenvalue weighted by atomic mass is 10.4. The quantitative estimate of drug-likeness (QED) is 0.538. The predicted molar refractivity (Wildman–Crippen MR) is 72.3 cm³/mol. The summed E-state index contributed by atoms with van der Waals surface area (Å²) in [6.45, 7) is 15.7. The summed E-state index contributed by atoms with van der Waals surface area (Å²) in [7, 11) is -0.926. The van der Waals surface area contributed by atoms with Crippen LogP contribution < -0.4 is 0 Å². The largest absolute Gasteiger partial charge is 0.520 e. The van der Waals surface area contributed by atoms with Crippen molar-refractivity contribution in [2.24, 2.45) is 0 Å². The van der Waals surface area contributed by atoms with Crippen molar-refractivity contribution in [2.45, 2.75) is 52.2 Å². The summed E-state index contributed by atoms with van der Waals surface area (Å²) in [6.07, 6.45) is 0. The summed E-state index contributed by atoms with van der Waals surface area (Å²) < 4.78 is 11.3. The summed E-state index contributed by atoms with van der Waals surface area (Å²) in [5.41, 5.74) is 1.26. The minimum Gasteiger partial charge on any atom is -0.520 e. The van der Waals surface area contributed by atoms with Gasteiger partial charge in [-0.25, -0.2) is 0 Å². The lowest BCUT2D eigenvalue weighted by Gasteiger charge is -2.24. The average Bonchev–Trinajstić information content (AvgIpc) is 1.94. The Labute approximate surface area is 96.8 Å². The van der Waals surface area contributed by atoms with Crippen LogP contribution in [0.5, 0.6) is 0 Å². The molecule has 0 unspecified atom stereocenters. The number of hydrogen-bond donors (Lipinski definition) is 0. The van der Waals surface area contributed by atoms with E-state index in [9.17, 15) is 0 Å². The fourth-order valence-corrected chi connectivity index (χ4v) is 4.00. The molecule has 0 fully saturated rings. The van der Waals surface area contributed by atoms with Gasteiger partial charge in [0, 0.05) is 13.6 Å². The summed E-state index contributed by atoms with van der Waals surface area (Å²) in [5, 5.41) is 0. The fourth-order valence-electron chi connectivity index (χ4n) is 1.45. The number of methoxy groups -OCH3 is 1. The van der Waals surface area contributed by atoms with E-state index in [2.05, 4.69) is 46.2 Å². The maximum atomic E-state index is 5.91. The van der Waals surface area contributed by atoms with Crippen molar-refractivity contribution in [3.8, 4) is 0 Å². The van der Waals surface area contributed by atoms with Gasteiger partial charge in [0.25, 0.3) is 5.95 Å². The van der Waals surface area contributed by atoms with E-state index in [0.29, 0.717) is 0 Å². The highest BCUT2D eigenvalue weighted by molar-refractivity contribution is 6.76. The van der Waals surface area contributed by atoms with Crippen molar-refractivity contribution in [2.75, 3.05) is 7.11 Å². The minimum atomic E-state index is -1.55. The molecule has 0 aliphatic heterocycles. The van der Waals surface area contributed by atoms with E-state index in [1.54, 1.807) is 7.11 Å². The Hall–Kier alpha value is -0.226. The van der Waals surface area contributed by atoms with Crippen LogP contribution in [0, 0.1) is 0 Å². The topological polar surface area (TPSA) is 18.5 Å². The zero-order valence-electron chi connectivity index (χ0n) is 11.5. The van der Waals surface area contributed by atoms with Gasteiger partial charge >= 0.3 is 0 Å². The van der Waals surface area contributed by atoms with E-state index in [1.807, 2.05) is 0 Å². The highest BCUT2D eigenvalue weighted by Gasteiger charge is 2.22. The van der Waals surface area contributed by atoms with E-state index < -0.39 is 16.4 Å². The third-order valence-electron chi connectivity index (χ3n) is 1.73. The van der Waals surface area contributed by atoms with Gasteiger partial charge in [0.15, 0.2) is 0 Å². The Kier molecular flexibility index (Phi) is 5.13. The van der Waals surface area contributed by atoms with Crippen molar-refractivity contribution >= 4 is 16.4 Å². The summed E-state index contributed by atoms with van der Waals surface area (Å²) in [6, 6.07) is 1.14. The lowest BCUT2D eigenvalue weighted by Crippen LogP contribution is -2.27. The lowest BCUT2D eigenvalue weighted by molar-refractivity contribution is 0.142. The summed E-state index contributed by atoms with van der Waals surface area (Å²) in [4.78, 5) is 0. The molecule has 2 nitrogen and oxygen atoms in total. The first-order chi connectivity index (χ1) is 6.55. The smallest absolute Gasteiger partial charge is 0.263 e. The van der Waals surface area contributed by atoms with Crippen LogP contribution >= 0.6 is 0 Å². The van der Waals surface area contributed by atoms with Crippen LogP contribution in [0.3, 0.4) is 0 Å². The van der Waals surface area contributed by atoms with Crippen LogP contribution in [0.15, 0.2) is 11.5 Å². The molecule has 90 valence electrons. The molecule has 0 bridgehead atoms. The molecular weight excluding hydrogens is 220 g/mol. The molecule has 15 heavy (non-hydrogen) atoms. The highest BCUT2D eigenvalue weighted by atomic mass is 28.4. The second-order valence-electron chi connectivity index (χ2n) is 6.22. The van der Waals surface area contributed by atoms with E-state index in [0.717, 1.165) is 12.0 Å². The molecule has 0 rings (SSSR count). The van der Waals surface area contributed by atoms with Crippen LogP contribution in [0.25, 0.3) is 0 Å². The van der Waals surface area contributed by atoms with Gasteiger partial charge in [-0.15, -0.1) is 0 Å². The van der Waals surface area contributed by atoms with Gasteiger partial charge in [-0.3, -0.25) is 0 Å². The van der Waals surface area contributed by atoms with Crippen molar-refractivity contribution in [3.05, 3.63) is 11.5 Å². The van der Waals surface area contributed by atoms with Crippen LogP contribution in [0.4, 0.5) is 0 Å². The predicted octanol–water partition coefficient (Wildman–Crippen LogP) is 4.05. The Morgan fingerprint density at radius 1 is 1.00 bits per heavy atom. The third-order valence-corrected chi connectivity index (χ3v) is 4.12. The molecule has 0 aromatic heterocycles. The number of rotatable bonds is 5. The Balaban J connectivity index is 4.68. The van der Waals surface area contributed by atoms with Gasteiger partial charge in [-0.1, -0.05) is 19.6 Å². The Bertz CT molecular complexity index is 234. The van der Waals surface area contributed by atoms with Crippen molar-refractivity contribution in [1.29, 1.82) is 0 Å². The molecule has 4 heteroatoms. The van der Waals surface area contributed by atoms with Gasteiger partial charge in [0.1, 0.15) is 0 Å². The van der Waals surface area contributed by atoms with Gasteiger partial charge in [0.05, 0.1) is 7.11 Å². The number of allylic oxidation sites excluding steroid dienone is 1. The first-order valence-corrected chi connectivity index (χ1v) is 12.6. The van der Waals surface area contributed by atoms with Crippen LogP contribution in [0.1, 0.15) is 6.92 Å². The minimum absolute atomic E-state index is 0.761. The zero-order valence-corrected chi connectivity index (χ0v) is 13.5. The van der Waals surface area contributed by atoms with E-state index in [-0.39, 0.29) is 0 Å². The molecular formula is C11H26O2Si2. The molecule has 0 aromatic rings. The highest BCUT2D eigenvalue weighted by Crippen LogP contribution is 2.22. The van der Waals surface area contributed by atoms with Crippen molar-refractivity contribution in [3.63, 3.8) is 0 Å². The normalized spacial score (nSPS) is 14.7. The molecule has 0 amide bonds. The molecule has 0 spiro atoms. The average molecular weight is 246 g/mol. The molecule has 0 aromatic carbocycles. The first-order valence-electron chi connectivity index (χ1n) is 5.48. The van der Waals surface area contributed by atoms with Gasteiger partial charge in [-0.2, -0.15) is 0 Å². The van der Waals surface area contributed by atoms with Crippen LogP contribution in [-0.2, 0) is 9.16 Å². The monoisotopic (exact) mass is 246 g/mol.